The highest BCUT2D eigenvalue weighted by molar-refractivity contribution is 5.94. The molecule has 0 radical (unpaired) electrons. The summed E-state index contributed by atoms with van der Waals surface area (Å²) in [6.45, 7) is 7.32. The van der Waals surface area contributed by atoms with Crippen LogP contribution in [0.5, 0.6) is 5.75 Å². The summed E-state index contributed by atoms with van der Waals surface area (Å²) in [5.41, 5.74) is 3.97. The van der Waals surface area contributed by atoms with Gasteiger partial charge in [-0.2, -0.15) is 0 Å². The molecule has 6 heteroatoms. The summed E-state index contributed by atoms with van der Waals surface area (Å²) in [6, 6.07) is 13.4. The zero-order chi connectivity index (χ0) is 20.8. The number of hydrogen-bond donors (Lipinski definition) is 1. The lowest BCUT2D eigenvalue weighted by molar-refractivity contribution is -0.153. The molecule has 1 amide bonds. The molecule has 2 aromatic carbocycles. The van der Waals surface area contributed by atoms with Gasteiger partial charge in [0, 0.05) is 24.5 Å². The van der Waals surface area contributed by atoms with Crippen molar-refractivity contribution in [2.45, 2.75) is 39.7 Å². The van der Waals surface area contributed by atoms with Crippen LogP contribution in [-0.2, 0) is 14.3 Å². The van der Waals surface area contributed by atoms with Gasteiger partial charge < -0.3 is 19.7 Å². The monoisotopic (exact) mass is 396 g/mol. The molecular weight excluding hydrogens is 368 g/mol. The Hall–Kier alpha value is -3.02. The van der Waals surface area contributed by atoms with E-state index in [-0.39, 0.29) is 12.5 Å². The van der Waals surface area contributed by atoms with Crippen LogP contribution in [0.3, 0.4) is 0 Å². The van der Waals surface area contributed by atoms with E-state index in [2.05, 4.69) is 16.3 Å². The van der Waals surface area contributed by atoms with Gasteiger partial charge in [0.1, 0.15) is 5.75 Å². The number of benzene rings is 2. The van der Waals surface area contributed by atoms with E-state index in [1.807, 2.05) is 38.1 Å². The van der Waals surface area contributed by atoms with Crippen molar-refractivity contribution in [1.29, 1.82) is 0 Å². The van der Waals surface area contributed by atoms with Crippen molar-refractivity contribution in [2.75, 3.05) is 29.9 Å². The van der Waals surface area contributed by atoms with Crippen molar-refractivity contribution in [1.82, 2.24) is 0 Å². The van der Waals surface area contributed by atoms with Gasteiger partial charge >= 0.3 is 5.97 Å². The first-order valence-electron chi connectivity index (χ1n) is 9.98. The first-order chi connectivity index (χ1) is 13.9. The van der Waals surface area contributed by atoms with E-state index in [0.29, 0.717) is 5.75 Å². The van der Waals surface area contributed by atoms with Crippen LogP contribution in [0.4, 0.5) is 11.4 Å². The van der Waals surface area contributed by atoms with Crippen molar-refractivity contribution in [3.8, 4) is 5.75 Å². The first-order valence-corrected chi connectivity index (χ1v) is 9.98. The maximum atomic E-state index is 12.2. The fraction of sp³-hybridized carbons (Fsp3) is 0.391. The van der Waals surface area contributed by atoms with Crippen molar-refractivity contribution >= 4 is 23.3 Å². The minimum atomic E-state index is -0.799. The molecule has 0 saturated carbocycles. The van der Waals surface area contributed by atoms with Gasteiger partial charge in [-0.25, -0.2) is 4.79 Å². The average Bonchev–Trinajstić information content (AvgIpc) is 3.24. The van der Waals surface area contributed by atoms with E-state index < -0.39 is 12.1 Å². The number of nitrogens with one attached hydrogen (secondary N) is 1. The quantitative estimate of drug-likeness (QED) is 0.720. The normalized spacial score (nSPS) is 14.4. The zero-order valence-electron chi connectivity index (χ0n) is 17.2. The van der Waals surface area contributed by atoms with Crippen molar-refractivity contribution in [3.05, 3.63) is 53.6 Å². The van der Waals surface area contributed by atoms with E-state index in [9.17, 15) is 9.59 Å². The number of amides is 1. The fourth-order valence-electron chi connectivity index (χ4n) is 3.27. The third kappa shape index (κ3) is 5.73. The lowest BCUT2D eigenvalue weighted by atomic mass is 10.1. The Bertz CT molecular complexity index is 858. The zero-order valence-corrected chi connectivity index (χ0v) is 17.2. The van der Waals surface area contributed by atoms with E-state index >= 15 is 0 Å². The number of aryl methyl sites for hydroxylation is 2. The van der Waals surface area contributed by atoms with Crippen molar-refractivity contribution in [3.63, 3.8) is 0 Å². The molecule has 2 aromatic rings. The second kappa shape index (κ2) is 9.45. The molecule has 0 aromatic heterocycles. The molecule has 1 saturated heterocycles. The highest BCUT2D eigenvalue weighted by atomic mass is 16.6. The number of nitrogens with zero attached hydrogens (tertiary/aromatic N) is 1. The third-order valence-corrected chi connectivity index (χ3v) is 4.97. The van der Waals surface area contributed by atoms with Gasteiger partial charge in [-0.15, -0.1) is 0 Å². The van der Waals surface area contributed by atoms with Crippen LogP contribution < -0.4 is 15.0 Å². The number of anilines is 2. The number of carbonyl (C=O) groups is 2. The van der Waals surface area contributed by atoms with E-state index in [0.717, 1.165) is 29.9 Å². The SMILES string of the molecule is Cc1ccc(OC(C)C(=O)OCC(=O)Nc2ccc(N3CCCC3)cc2C)cc1. The summed E-state index contributed by atoms with van der Waals surface area (Å²) in [5, 5.41) is 2.80. The largest absolute Gasteiger partial charge is 0.479 e. The standard InChI is InChI=1S/C23H28N2O4/c1-16-6-9-20(10-7-16)29-18(3)23(27)28-15-22(26)24-21-11-8-19(14-17(21)2)25-12-4-5-13-25/h6-11,14,18H,4-5,12-13,15H2,1-3H3,(H,24,26). The van der Waals surface area contributed by atoms with Gasteiger partial charge in [0.15, 0.2) is 12.7 Å². The number of ether oxygens (including phenoxy) is 2. The van der Waals surface area contributed by atoms with Gasteiger partial charge in [-0.3, -0.25) is 4.79 Å². The van der Waals surface area contributed by atoms with Crippen molar-refractivity contribution < 1.29 is 19.1 Å². The topological polar surface area (TPSA) is 67.9 Å². The van der Waals surface area contributed by atoms with Gasteiger partial charge in [-0.05, 0) is 69.5 Å². The second-order valence-electron chi connectivity index (χ2n) is 7.42. The smallest absolute Gasteiger partial charge is 0.347 e. The lowest BCUT2D eigenvalue weighted by Crippen LogP contribution is -2.29. The number of hydrogen-bond acceptors (Lipinski definition) is 5. The minimum absolute atomic E-state index is 0.353. The lowest BCUT2D eigenvalue weighted by Gasteiger charge is -2.19. The molecule has 1 aliphatic heterocycles. The van der Waals surface area contributed by atoms with Crippen LogP contribution in [0.1, 0.15) is 30.9 Å². The fourth-order valence-corrected chi connectivity index (χ4v) is 3.27. The first kappa shape index (κ1) is 20.7. The van der Waals surface area contributed by atoms with E-state index in [1.54, 1.807) is 19.1 Å². The number of rotatable bonds is 7. The Kier molecular flexibility index (Phi) is 6.75. The Morgan fingerprint density at radius 1 is 1.07 bits per heavy atom. The molecule has 0 spiro atoms. The molecule has 1 aliphatic rings. The summed E-state index contributed by atoms with van der Waals surface area (Å²) in [5.74, 6) is -0.377. The summed E-state index contributed by atoms with van der Waals surface area (Å²) in [6.07, 6.45) is 1.64. The van der Waals surface area contributed by atoms with Crippen LogP contribution in [0.2, 0.25) is 0 Å². The predicted octanol–water partition coefficient (Wildman–Crippen LogP) is 3.85. The maximum Gasteiger partial charge on any atom is 0.347 e. The van der Waals surface area contributed by atoms with Gasteiger partial charge in [-0.1, -0.05) is 17.7 Å². The number of carbonyl (C=O) groups excluding carboxylic acids is 2. The average molecular weight is 396 g/mol. The molecule has 1 heterocycles. The van der Waals surface area contributed by atoms with Gasteiger partial charge in [0.2, 0.25) is 0 Å². The second-order valence-corrected chi connectivity index (χ2v) is 7.42. The van der Waals surface area contributed by atoms with Gasteiger partial charge in [0.25, 0.3) is 5.91 Å². The molecule has 1 N–H and O–H groups in total. The Labute approximate surface area is 171 Å². The maximum absolute atomic E-state index is 12.2. The molecule has 1 unspecified atom stereocenters. The van der Waals surface area contributed by atoms with Crippen LogP contribution >= 0.6 is 0 Å². The molecule has 154 valence electrons. The van der Waals surface area contributed by atoms with Crippen LogP contribution in [0.15, 0.2) is 42.5 Å². The summed E-state index contributed by atoms with van der Waals surface area (Å²) >= 11 is 0. The number of esters is 1. The van der Waals surface area contributed by atoms with E-state index in [4.69, 9.17) is 9.47 Å². The Morgan fingerprint density at radius 2 is 1.76 bits per heavy atom. The Balaban J connectivity index is 1.47. The van der Waals surface area contributed by atoms with Gasteiger partial charge in [0.05, 0.1) is 0 Å². The van der Waals surface area contributed by atoms with Crippen LogP contribution in [-0.4, -0.2) is 37.7 Å². The molecule has 0 bridgehead atoms. The summed E-state index contributed by atoms with van der Waals surface area (Å²) < 4.78 is 10.6. The molecule has 6 nitrogen and oxygen atoms in total. The summed E-state index contributed by atoms with van der Waals surface area (Å²) in [4.78, 5) is 26.6. The molecule has 1 atom stereocenters. The highest BCUT2D eigenvalue weighted by Crippen LogP contribution is 2.25. The minimum Gasteiger partial charge on any atom is -0.479 e. The van der Waals surface area contributed by atoms with Crippen molar-refractivity contribution in [2.24, 2.45) is 0 Å². The summed E-state index contributed by atoms with van der Waals surface area (Å²) in [7, 11) is 0. The predicted molar refractivity (Wildman–Crippen MR) is 113 cm³/mol. The highest BCUT2D eigenvalue weighted by Gasteiger charge is 2.18. The molecule has 3 rings (SSSR count). The molecule has 0 aliphatic carbocycles. The Morgan fingerprint density at radius 3 is 2.41 bits per heavy atom. The van der Waals surface area contributed by atoms with Crippen LogP contribution in [0, 0.1) is 13.8 Å². The molecule has 29 heavy (non-hydrogen) atoms. The van der Waals surface area contributed by atoms with E-state index in [1.165, 1.54) is 18.5 Å². The molecule has 1 fully saturated rings. The molecular formula is C23H28N2O4. The van der Waals surface area contributed by atoms with Crippen LogP contribution in [0.25, 0.3) is 0 Å². The third-order valence-electron chi connectivity index (χ3n) is 4.97.